The van der Waals surface area contributed by atoms with Crippen LogP contribution in [0.15, 0.2) is 12.1 Å². The number of hydrogen-bond acceptors (Lipinski definition) is 4. The molecule has 2 rings (SSSR count). The normalized spacial score (nSPS) is 10.6. The average molecular weight is 252 g/mol. The summed E-state index contributed by atoms with van der Waals surface area (Å²) in [6.07, 6.45) is 0. The SMILES string of the molecule is COC(=O)c1c(F)ccc2c1c(C(=O)O)nn2C. The smallest absolute Gasteiger partial charge is 0.357 e. The lowest BCUT2D eigenvalue weighted by Crippen LogP contribution is -2.07. The number of aryl methyl sites for hydroxylation is 1. The van der Waals surface area contributed by atoms with Gasteiger partial charge in [-0.15, -0.1) is 0 Å². The summed E-state index contributed by atoms with van der Waals surface area (Å²) in [6, 6.07) is 2.43. The van der Waals surface area contributed by atoms with Gasteiger partial charge in [0.15, 0.2) is 5.69 Å². The highest BCUT2D eigenvalue weighted by atomic mass is 19.1. The van der Waals surface area contributed by atoms with Crippen molar-refractivity contribution in [2.24, 2.45) is 7.05 Å². The Morgan fingerprint density at radius 3 is 2.67 bits per heavy atom. The molecule has 0 atom stereocenters. The number of hydrogen-bond donors (Lipinski definition) is 1. The van der Waals surface area contributed by atoms with Crippen molar-refractivity contribution in [1.82, 2.24) is 9.78 Å². The number of halogens is 1. The Balaban J connectivity index is 2.94. The van der Waals surface area contributed by atoms with Crippen molar-refractivity contribution in [1.29, 1.82) is 0 Å². The standard InChI is InChI=1S/C11H9FN2O4/c1-14-6-4-3-5(12)7(11(17)18-2)8(6)9(13-14)10(15)16/h3-4H,1-2H3,(H,15,16). The number of fused-ring (bicyclic) bond motifs is 1. The van der Waals surface area contributed by atoms with E-state index in [-0.39, 0.29) is 11.1 Å². The van der Waals surface area contributed by atoms with Gasteiger partial charge in [0, 0.05) is 7.05 Å². The van der Waals surface area contributed by atoms with Crippen LogP contribution in [0.2, 0.25) is 0 Å². The minimum Gasteiger partial charge on any atom is -0.476 e. The molecule has 18 heavy (non-hydrogen) atoms. The third-order valence-electron chi connectivity index (χ3n) is 2.56. The van der Waals surface area contributed by atoms with Gasteiger partial charge in [-0.25, -0.2) is 14.0 Å². The number of carboxylic acid groups (broad SMARTS) is 1. The second kappa shape index (κ2) is 4.10. The molecule has 0 aliphatic rings. The molecule has 0 aliphatic heterocycles. The lowest BCUT2D eigenvalue weighted by atomic mass is 10.1. The molecule has 0 saturated carbocycles. The number of ether oxygens (including phenoxy) is 1. The number of esters is 1. The topological polar surface area (TPSA) is 81.4 Å². The molecule has 0 bridgehead atoms. The van der Waals surface area contributed by atoms with E-state index in [9.17, 15) is 14.0 Å². The Morgan fingerprint density at radius 2 is 2.11 bits per heavy atom. The van der Waals surface area contributed by atoms with Gasteiger partial charge in [0.2, 0.25) is 0 Å². The summed E-state index contributed by atoms with van der Waals surface area (Å²) in [5.74, 6) is -3.12. The van der Waals surface area contributed by atoms with E-state index in [1.807, 2.05) is 0 Å². The van der Waals surface area contributed by atoms with Crippen LogP contribution in [-0.4, -0.2) is 33.9 Å². The average Bonchev–Trinajstić information content (AvgIpc) is 2.66. The van der Waals surface area contributed by atoms with Crippen LogP contribution in [0.4, 0.5) is 4.39 Å². The number of rotatable bonds is 2. The number of aromatic carboxylic acids is 1. The third-order valence-corrected chi connectivity index (χ3v) is 2.56. The van der Waals surface area contributed by atoms with Gasteiger partial charge < -0.3 is 9.84 Å². The van der Waals surface area contributed by atoms with Gasteiger partial charge in [-0.1, -0.05) is 0 Å². The van der Waals surface area contributed by atoms with Gasteiger partial charge in [0.25, 0.3) is 0 Å². The summed E-state index contributed by atoms with van der Waals surface area (Å²) >= 11 is 0. The fourth-order valence-corrected chi connectivity index (χ4v) is 1.78. The molecule has 0 saturated heterocycles. The van der Waals surface area contributed by atoms with E-state index in [4.69, 9.17) is 5.11 Å². The summed E-state index contributed by atoms with van der Waals surface area (Å²) < 4.78 is 19.4. The molecule has 94 valence electrons. The van der Waals surface area contributed by atoms with Crippen molar-refractivity contribution < 1.29 is 23.8 Å². The van der Waals surface area contributed by atoms with E-state index in [0.717, 1.165) is 13.2 Å². The Morgan fingerprint density at radius 1 is 1.44 bits per heavy atom. The predicted octanol–water partition coefficient (Wildman–Crippen LogP) is 1.20. The second-order valence-corrected chi connectivity index (χ2v) is 3.59. The zero-order valence-electron chi connectivity index (χ0n) is 9.60. The van der Waals surface area contributed by atoms with Crippen molar-refractivity contribution in [3.63, 3.8) is 0 Å². The maximum absolute atomic E-state index is 13.7. The molecule has 0 fully saturated rings. The maximum Gasteiger partial charge on any atom is 0.357 e. The number of aromatic nitrogens is 2. The molecule has 1 N–H and O–H groups in total. The molecule has 1 aromatic heterocycles. The summed E-state index contributed by atoms with van der Waals surface area (Å²) in [5, 5.41) is 12.7. The molecular formula is C11H9FN2O4. The fraction of sp³-hybridized carbons (Fsp3) is 0.182. The minimum absolute atomic E-state index is 0.0585. The molecule has 0 amide bonds. The fourth-order valence-electron chi connectivity index (χ4n) is 1.78. The highest BCUT2D eigenvalue weighted by Crippen LogP contribution is 2.25. The number of benzene rings is 1. The summed E-state index contributed by atoms with van der Waals surface area (Å²) in [4.78, 5) is 22.6. The van der Waals surface area contributed by atoms with Crippen LogP contribution in [-0.2, 0) is 11.8 Å². The first-order chi connectivity index (χ1) is 8.47. The van der Waals surface area contributed by atoms with Crippen LogP contribution in [0.3, 0.4) is 0 Å². The van der Waals surface area contributed by atoms with Crippen LogP contribution in [0.25, 0.3) is 10.9 Å². The van der Waals surface area contributed by atoms with E-state index in [1.54, 1.807) is 0 Å². The monoisotopic (exact) mass is 252 g/mol. The van der Waals surface area contributed by atoms with Gasteiger partial charge >= 0.3 is 11.9 Å². The molecule has 0 radical (unpaired) electrons. The number of carboxylic acids is 1. The van der Waals surface area contributed by atoms with Crippen molar-refractivity contribution in [2.75, 3.05) is 7.11 Å². The summed E-state index contributed by atoms with van der Waals surface area (Å²) in [5.41, 5.74) is -0.456. The van der Waals surface area contributed by atoms with Crippen molar-refractivity contribution in [2.45, 2.75) is 0 Å². The first-order valence-corrected chi connectivity index (χ1v) is 4.94. The van der Waals surface area contributed by atoms with Gasteiger partial charge in [0.1, 0.15) is 11.4 Å². The number of carbonyl (C=O) groups excluding carboxylic acids is 1. The lowest BCUT2D eigenvalue weighted by Gasteiger charge is -2.03. The first-order valence-electron chi connectivity index (χ1n) is 4.94. The number of carbonyl (C=O) groups is 2. The van der Waals surface area contributed by atoms with E-state index < -0.39 is 23.3 Å². The lowest BCUT2D eigenvalue weighted by molar-refractivity contribution is 0.0598. The van der Waals surface area contributed by atoms with Crippen LogP contribution in [0.5, 0.6) is 0 Å². The Labute approximate surface area is 101 Å². The van der Waals surface area contributed by atoms with E-state index in [1.165, 1.54) is 17.8 Å². The third kappa shape index (κ3) is 1.60. The molecule has 6 nitrogen and oxygen atoms in total. The summed E-state index contributed by atoms with van der Waals surface area (Å²) in [7, 11) is 2.60. The molecule has 7 heteroatoms. The minimum atomic E-state index is -1.34. The molecule has 0 aliphatic carbocycles. The van der Waals surface area contributed by atoms with Crippen molar-refractivity contribution >= 4 is 22.8 Å². The Bertz CT molecular complexity index is 663. The maximum atomic E-state index is 13.7. The molecule has 0 spiro atoms. The van der Waals surface area contributed by atoms with Gasteiger partial charge in [-0.05, 0) is 12.1 Å². The van der Waals surface area contributed by atoms with Crippen LogP contribution in [0, 0.1) is 5.82 Å². The number of nitrogens with zero attached hydrogens (tertiary/aromatic N) is 2. The quantitative estimate of drug-likeness (QED) is 0.812. The van der Waals surface area contributed by atoms with Gasteiger partial charge in [0.05, 0.1) is 18.0 Å². The van der Waals surface area contributed by atoms with E-state index in [0.29, 0.717) is 5.52 Å². The zero-order chi connectivity index (χ0) is 13.4. The van der Waals surface area contributed by atoms with Crippen LogP contribution in [0.1, 0.15) is 20.8 Å². The highest BCUT2D eigenvalue weighted by molar-refractivity contribution is 6.11. The van der Waals surface area contributed by atoms with Gasteiger partial charge in [-0.3, -0.25) is 4.68 Å². The Kier molecular flexibility index (Phi) is 2.74. The molecular weight excluding hydrogens is 243 g/mol. The van der Waals surface area contributed by atoms with Crippen molar-refractivity contribution in [3.05, 3.63) is 29.2 Å². The second-order valence-electron chi connectivity index (χ2n) is 3.59. The largest absolute Gasteiger partial charge is 0.476 e. The molecule has 1 heterocycles. The van der Waals surface area contributed by atoms with Crippen molar-refractivity contribution in [3.8, 4) is 0 Å². The zero-order valence-corrected chi connectivity index (χ0v) is 9.60. The summed E-state index contributed by atoms with van der Waals surface area (Å²) in [6.45, 7) is 0. The Hall–Kier alpha value is -2.44. The van der Waals surface area contributed by atoms with E-state index >= 15 is 0 Å². The highest BCUT2D eigenvalue weighted by Gasteiger charge is 2.25. The van der Waals surface area contributed by atoms with Gasteiger partial charge in [-0.2, -0.15) is 5.10 Å². The predicted molar refractivity (Wildman–Crippen MR) is 59.0 cm³/mol. The number of methoxy groups -OCH3 is 1. The molecule has 0 unspecified atom stereocenters. The molecule has 2 aromatic rings. The van der Waals surface area contributed by atoms with Crippen LogP contribution < -0.4 is 0 Å². The van der Waals surface area contributed by atoms with Crippen LogP contribution >= 0.6 is 0 Å². The first kappa shape index (κ1) is 12.0. The molecule has 1 aromatic carbocycles. The van der Waals surface area contributed by atoms with E-state index in [2.05, 4.69) is 9.84 Å².